The first-order chi connectivity index (χ1) is 9.61. The second-order valence-corrected chi connectivity index (χ2v) is 6.59. The van der Waals surface area contributed by atoms with Crippen molar-refractivity contribution in [3.05, 3.63) is 23.8 Å². The van der Waals surface area contributed by atoms with Gasteiger partial charge in [0.1, 0.15) is 0 Å². The van der Waals surface area contributed by atoms with Gasteiger partial charge in [-0.15, -0.1) is 0 Å². The number of aliphatic carboxylic acids is 1. The van der Waals surface area contributed by atoms with Crippen molar-refractivity contribution >= 4 is 5.97 Å². The lowest BCUT2D eigenvalue weighted by Gasteiger charge is -2.15. The van der Waals surface area contributed by atoms with Crippen molar-refractivity contribution in [3.63, 3.8) is 0 Å². The largest absolute Gasteiger partial charge is 0.489 e. The van der Waals surface area contributed by atoms with Gasteiger partial charge in [-0.3, -0.25) is 4.79 Å². The van der Waals surface area contributed by atoms with Crippen LogP contribution in [0.3, 0.4) is 0 Å². The monoisotopic (exact) mass is 274 g/mol. The maximum Gasteiger partial charge on any atom is 0.304 e. The first-order valence-electron chi connectivity index (χ1n) is 7.23. The van der Waals surface area contributed by atoms with Crippen LogP contribution in [0.5, 0.6) is 11.5 Å². The molecule has 0 atom stereocenters. The van der Waals surface area contributed by atoms with Crippen LogP contribution in [0.1, 0.15) is 37.7 Å². The molecule has 4 rings (SSSR count). The Kier molecular flexibility index (Phi) is 2.35. The molecule has 0 radical (unpaired) electrons. The van der Waals surface area contributed by atoms with Crippen molar-refractivity contribution in [2.24, 2.45) is 5.41 Å². The Morgan fingerprint density at radius 1 is 1.10 bits per heavy atom. The molecule has 1 spiro atoms. The zero-order chi connectivity index (χ0) is 13.8. The maximum absolute atomic E-state index is 11.0. The molecule has 0 aromatic heterocycles. The van der Waals surface area contributed by atoms with E-state index in [4.69, 9.17) is 14.6 Å². The molecule has 4 nitrogen and oxygen atoms in total. The van der Waals surface area contributed by atoms with Gasteiger partial charge in [-0.05, 0) is 43.4 Å². The SMILES string of the molecule is O=C(O)CC1(c2ccc3c(c2)OCC2(CC2)CO3)CC1. The molecule has 1 heterocycles. The van der Waals surface area contributed by atoms with Crippen molar-refractivity contribution in [2.75, 3.05) is 13.2 Å². The molecular weight excluding hydrogens is 256 g/mol. The second kappa shape index (κ2) is 3.90. The van der Waals surface area contributed by atoms with E-state index in [0.29, 0.717) is 0 Å². The number of rotatable bonds is 3. The lowest BCUT2D eigenvalue weighted by atomic mass is 9.92. The number of carboxylic acid groups (broad SMARTS) is 1. The van der Waals surface area contributed by atoms with Gasteiger partial charge in [0.25, 0.3) is 0 Å². The van der Waals surface area contributed by atoms with E-state index >= 15 is 0 Å². The average Bonchev–Trinajstić information content (AvgIpc) is 3.31. The van der Waals surface area contributed by atoms with E-state index in [1.54, 1.807) is 0 Å². The van der Waals surface area contributed by atoms with Crippen LogP contribution in [0, 0.1) is 5.41 Å². The van der Waals surface area contributed by atoms with E-state index in [2.05, 4.69) is 0 Å². The molecule has 1 aromatic rings. The van der Waals surface area contributed by atoms with Crippen LogP contribution >= 0.6 is 0 Å². The van der Waals surface area contributed by atoms with Crippen molar-refractivity contribution in [1.82, 2.24) is 0 Å². The summed E-state index contributed by atoms with van der Waals surface area (Å²) < 4.78 is 11.8. The van der Waals surface area contributed by atoms with Crippen LogP contribution in [0.2, 0.25) is 0 Å². The van der Waals surface area contributed by atoms with Gasteiger partial charge in [0.05, 0.1) is 19.6 Å². The molecule has 0 bridgehead atoms. The number of fused-ring (bicyclic) bond motifs is 1. The van der Waals surface area contributed by atoms with Crippen molar-refractivity contribution < 1.29 is 19.4 Å². The van der Waals surface area contributed by atoms with Crippen molar-refractivity contribution in [3.8, 4) is 11.5 Å². The highest BCUT2D eigenvalue weighted by molar-refractivity contribution is 5.70. The van der Waals surface area contributed by atoms with Gasteiger partial charge in [-0.1, -0.05) is 6.07 Å². The molecular formula is C16H18O4. The molecule has 4 heteroatoms. The van der Waals surface area contributed by atoms with Gasteiger partial charge >= 0.3 is 5.97 Å². The van der Waals surface area contributed by atoms with Gasteiger partial charge in [-0.25, -0.2) is 0 Å². The Labute approximate surface area is 117 Å². The number of carbonyl (C=O) groups is 1. The predicted molar refractivity (Wildman–Crippen MR) is 72.3 cm³/mol. The van der Waals surface area contributed by atoms with E-state index < -0.39 is 5.97 Å². The fraction of sp³-hybridized carbons (Fsp3) is 0.562. The van der Waals surface area contributed by atoms with Crippen LogP contribution < -0.4 is 9.47 Å². The van der Waals surface area contributed by atoms with Gasteiger partial charge < -0.3 is 14.6 Å². The molecule has 106 valence electrons. The molecule has 1 aromatic carbocycles. The zero-order valence-corrected chi connectivity index (χ0v) is 11.4. The molecule has 2 saturated carbocycles. The average molecular weight is 274 g/mol. The second-order valence-electron chi connectivity index (χ2n) is 6.59. The summed E-state index contributed by atoms with van der Waals surface area (Å²) in [5.74, 6) is 0.845. The number of hydrogen-bond donors (Lipinski definition) is 1. The van der Waals surface area contributed by atoms with E-state index in [0.717, 1.165) is 43.1 Å². The van der Waals surface area contributed by atoms with Gasteiger partial charge in [0, 0.05) is 10.8 Å². The van der Waals surface area contributed by atoms with E-state index in [9.17, 15) is 4.79 Å². The minimum absolute atomic E-state index is 0.173. The Balaban J connectivity index is 1.62. The fourth-order valence-corrected chi connectivity index (χ4v) is 3.05. The summed E-state index contributed by atoms with van der Waals surface area (Å²) in [5, 5.41) is 9.05. The minimum Gasteiger partial charge on any atom is -0.489 e. The Morgan fingerprint density at radius 2 is 1.80 bits per heavy atom. The molecule has 1 aliphatic heterocycles. The summed E-state index contributed by atoms with van der Waals surface area (Å²) in [5.41, 5.74) is 1.14. The van der Waals surface area contributed by atoms with E-state index in [1.165, 1.54) is 12.8 Å². The molecule has 1 N–H and O–H groups in total. The highest BCUT2D eigenvalue weighted by Crippen LogP contribution is 2.54. The summed E-state index contributed by atoms with van der Waals surface area (Å²) in [7, 11) is 0. The van der Waals surface area contributed by atoms with Crippen molar-refractivity contribution in [2.45, 2.75) is 37.5 Å². The third kappa shape index (κ3) is 1.94. The molecule has 3 aliphatic rings. The number of carboxylic acids is 1. The lowest BCUT2D eigenvalue weighted by molar-refractivity contribution is -0.137. The van der Waals surface area contributed by atoms with Gasteiger partial charge in [-0.2, -0.15) is 0 Å². The third-order valence-electron chi connectivity index (χ3n) is 4.92. The normalized spacial score (nSPS) is 24.0. The molecule has 20 heavy (non-hydrogen) atoms. The van der Waals surface area contributed by atoms with Crippen molar-refractivity contribution in [1.29, 1.82) is 0 Å². The van der Waals surface area contributed by atoms with E-state index in [-0.39, 0.29) is 17.3 Å². The van der Waals surface area contributed by atoms with Gasteiger partial charge in [0.15, 0.2) is 11.5 Å². The summed E-state index contributed by atoms with van der Waals surface area (Å²) in [4.78, 5) is 11.0. The molecule has 0 unspecified atom stereocenters. The van der Waals surface area contributed by atoms with E-state index in [1.807, 2.05) is 18.2 Å². The molecule has 2 aliphatic carbocycles. The first-order valence-corrected chi connectivity index (χ1v) is 7.23. The molecule has 2 fully saturated rings. The van der Waals surface area contributed by atoms with Crippen LogP contribution in [0.25, 0.3) is 0 Å². The summed E-state index contributed by atoms with van der Waals surface area (Å²) >= 11 is 0. The predicted octanol–water partition coefficient (Wildman–Crippen LogP) is 2.74. The summed E-state index contributed by atoms with van der Waals surface area (Å²) in [6.45, 7) is 1.45. The number of benzene rings is 1. The number of hydrogen-bond acceptors (Lipinski definition) is 3. The number of ether oxygens (including phenoxy) is 2. The van der Waals surface area contributed by atoms with Gasteiger partial charge in [0.2, 0.25) is 0 Å². The maximum atomic E-state index is 11.0. The molecule has 0 saturated heterocycles. The third-order valence-corrected chi connectivity index (χ3v) is 4.92. The fourth-order valence-electron chi connectivity index (χ4n) is 3.05. The quantitative estimate of drug-likeness (QED) is 0.920. The topological polar surface area (TPSA) is 55.8 Å². The first kappa shape index (κ1) is 12.1. The Bertz CT molecular complexity index is 570. The summed E-state index contributed by atoms with van der Waals surface area (Å²) in [6.07, 6.45) is 4.45. The smallest absolute Gasteiger partial charge is 0.304 e. The highest BCUT2D eigenvalue weighted by atomic mass is 16.5. The lowest BCUT2D eigenvalue weighted by Crippen LogP contribution is -2.17. The standard InChI is InChI=1S/C16H18O4/c17-14(18)8-16(5-6-16)11-1-2-12-13(7-11)20-10-15(3-4-15)9-19-12/h1-2,7H,3-6,8-10H2,(H,17,18). The van der Waals surface area contributed by atoms with Crippen LogP contribution in [0.4, 0.5) is 0 Å². The van der Waals surface area contributed by atoms with Crippen LogP contribution in [-0.4, -0.2) is 24.3 Å². The summed E-state index contributed by atoms with van der Waals surface area (Å²) in [6, 6.07) is 5.93. The van der Waals surface area contributed by atoms with Crippen LogP contribution in [0.15, 0.2) is 18.2 Å². The highest BCUT2D eigenvalue weighted by Gasteiger charge is 2.48. The zero-order valence-electron chi connectivity index (χ0n) is 11.4. The molecule has 0 amide bonds. The Morgan fingerprint density at radius 3 is 2.40 bits per heavy atom. The Hall–Kier alpha value is -1.71. The minimum atomic E-state index is -0.730. The van der Waals surface area contributed by atoms with Crippen LogP contribution in [-0.2, 0) is 10.2 Å².